The van der Waals surface area contributed by atoms with E-state index in [1.807, 2.05) is 35.2 Å². The van der Waals surface area contributed by atoms with Crippen molar-refractivity contribution in [3.63, 3.8) is 0 Å². The van der Waals surface area contributed by atoms with Gasteiger partial charge in [0.25, 0.3) is 6.73 Å². The topological polar surface area (TPSA) is 30.2 Å². The molecule has 0 aliphatic rings. The summed E-state index contributed by atoms with van der Waals surface area (Å²) in [6.07, 6.45) is 25.6. The smallest absolute Gasteiger partial charge is 0.310 e. The summed E-state index contributed by atoms with van der Waals surface area (Å²) >= 11 is 0. The summed E-state index contributed by atoms with van der Waals surface area (Å²) in [5.74, 6) is -0.0935. The first-order valence-corrected chi connectivity index (χ1v) is 11.1. The van der Waals surface area contributed by atoms with Crippen molar-refractivity contribution in [2.45, 2.75) is 104 Å². The third-order valence-electron chi connectivity index (χ3n) is 4.79. The number of unbranched alkanes of at least 4 members (excludes halogenated alkanes) is 11. The Balaban J connectivity index is 1.82. The van der Waals surface area contributed by atoms with Crippen molar-refractivity contribution in [2.24, 2.45) is 0 Å². The lowest BCUT2D eigenvalue weighted by Crippen LogP contribution is -2.34. The summed E-state index contributed by atoms with van der Waals surface area (Å²) in [5.41, 5.74) is 0. The number of rotatable bonds is 17. The minimum absolute atomic E-state index is 0.0935. The van der Waals surface area contributed by atoms with Gasteiger partial charge in [0.1, 0.15) is 0 Å². The number of pyridine rings is 1. The fourth-order valence-corrected chi connectivity index (χ4v) is 3.08. The molecule has 152 valence electrons. The monoisotopic (exact) mass is 374 g/mol. The second-order valence-electron chi connectivity index (χ2n) is 7.37. The van der Waals surface area contributed by atoms with Crippen molar-refractivity contribution in [3.8, 4) is 0 Å². The van der Waals surface area contributed by atoms with E-state index in [1.54, 1.807) is 0 Å². The third-order valence-corrected chi connectivity index (χ3v) is 4.79. The van der Waals surface area contributed by atoms with E-state index in [0.717, 1.165) is 12.8 Å². The van der Waals surface area contributed by atoms with E-state index >= 15 is 0 Å². The molecule has 0 saturated carbocycles. The van der Waals surface area contributed by atoms with E-state index in [-0.39, 0.29) is 5.97 Å². The number of nitrogens with zero attached hydrogens (tertiary/aromatic N) is 1. The molecule has 3 nitrogen and oxygen atoms in total. The second kappa shape index (κ2) is 17.8. The van der Waals surface area contributed by atoms with Crippen molar-refractivity contribution < 1.29 is 14.1 Å². The van der Waals surface area contributed by atoms with Crippen LogP contribution in [0.2, 0.25) is 0 Å². The highest BCUT2D eigenvalue weighted by Gasteiger charge is 2.05. The average molecular weight is 375 g/mol. The van der Waals surface area contributed by atoms with Crippen LogP contribution in [0.3, 0.4) is 0 Å². The molecule has 3 heteroatoms. The van der Waals surface area contributed by atoms with Gasteiger partial charge in [-0.15, -0.1) is 0 Å². The van der Waals surface area contributed by atoms with E-state index in [0.29, 0.717) is 13.2 Å². The van der Waals surface area contributed by atoms with Crippen LogP contribution in [-0.2, 0) is 16.3 Å². The van der Waals surface area contributed by atoms with Crippen LogP contribution < -0.4 is 4.57 Å². The summed E-state index contributed by atoms with van der Waals surface area (Å²) in [7, 11) is 0. The van der Waals surface area contributed by atoms with Crippen LogP contribution >= 0.6 is 0 Å². The lowest BCUT2D eigenvalue weighted by Gasteiger charge is -2.02. The average Bonchev–Trinajstić information content (AvgIpc) is 2.70. The van der Waals surface area contributed by atoms with Crippen LogP contribution in [0.15, 0.2) is 42.7 Å². The molecule has 0 amide bonds. The molecule has 0 aliphatic heterocycles. The summed E-state index contributed by atoms with van der Waals surface area (Å²) in [6, 6.07) is 5.80. The molecule has 0 atom stereocenters. The van der Waals surface area contributed by atoms with Crippen molar-refractivity contribution in [1.29, 1.82) is 0 Å². The fourth-order valence-electron chi connectivity index (χ4n) is 3.08. The van der Waals surface area contributed by atoms with E-state index in [4.69, 9.17) is 4.74 Å². The first-order chi connectivity index (χ1) is 13.3. The fraction of sp³-hybridized carbons (Fsp3) is 0.667. The zero-order valence-corrected chi connectivity index (χ0v) is 17.4. The summed E-state index contributed by atoms with van der Waals surface area (Å²) in [4.78, 5) is 11.7. The zero-order valence-electron chi connectivity index (χ0n) is 17.4. The Morgan fingerprint density at radius 2 is 1.33 bits per heavy atom. The summed E-state index contributed by atoms with van der Waals surface area (Å²) in [5, 5.41) is 0. The Bertz CT molecular complexity index is 484. The molecule has 0 aromatic carbocycles. The van der Waals surface area contributed by atoms with Gasteiger partial charge in [0.2, 0.25) is 0 Å². The van der Waals surface area contributed by atoms with Gasteiger partial charge in [-0.1, -0.05) is 76.5 Å². The van der Waals surface area contributed by atoms with Gasteiger partial charge in [-0.05, 0) is 32.1 Å². The van der Waals surface area contributed by atoms with E-state index < -0.39 is 0 Å². The maximum absolute atomic E-state index is 11.7. The normalized spacial score (nSPS) is 11.1. The number of esters is 1. The quantitative estimate of drug-likeness (QED) is 0.135. The lowest BCUT2D eigenvalue weighted by molar-refractivity contribution is -0.727. The number of carbonyl (C=O) groups is 1. The first-order valence-electron chi connectivity index (χ1n) is 11.1. The van der Waals surface area contributed by atoms with Gasteiger partial charge in [-0.3, -0.25) is 4.79 Å². The van der Waals surface area contributed by atoms with Crippen molar-refractivity contribution in [3.05, 3.63) is 42.7 Å². The number of allylic oxidation sites excluding steroid dienone is 2. The molecule has 0 spiro atoms. The lowest BCUT2D eigenvalue weighted by atomic mass is 10.1. The van der Waals surface area contributed by atoms with Gasteiger partial charge < -0.3 is 4.74 Å². The second-order valence-corrected chi connectivity index (χ2v) is 7.37. The van der Waals surface area contributed by atoms with Crippen molar-refractivity contribution in [2.75, 3.05) is 0 Å². The van der Waals surface area contributed by atoms with Crippen LogP contribution in [-0.4, -0.2) is 5.97 Å². The number of hydrogen-bond acceptors (Lipinski definition) is 2. The largest absolute Gasteiger partial charge is 0.405 e. The number of carbonyl (C=O) groups excluding carboxylic acids is 1. The molecule has 0 unspecified atom stereocenters. The molecule has 1 aromatic heterocycles. The number of hydrogen-bond donors (Lipinski definition) is 0. The van der Waals surface area contributed by atoms with E-state index in [9.17, 15) is 4.79 Å². The summed E-state index contributed by atoms with van der Waals surface area (Å²) in [6.45, 7) is 2.58. The van der Waals surface area contributed by atoms with Gasteiger partial charge >= 0.3 is 5.97 Å². The minimum Gasteiger partial charge on any atom is -0.405 e. The third kappa shape index (κ3) is 15.1. The molecule has 0 N–H and O–H groups in total. The molecule has 0 fully saturated rings. The maximum Gasteiger partial charge on any atom is 0.310 e. The van der Waals surface area contributed by atoms with Gasteiger partial charge in [-0.2, -0.15) is 4.57 Å². The Hall–Kier alpha value is -1.64. The van der Waals surface area contributed by atoms with Gasteiger partial charge in [-0.25, -0.2) is 0 Å². The number of ether oxygens (including phenoxy) is 1. The molecule has 0 aliphatic carbocycles. The predicted octanol–water partition coefficient (Wildman–Crippen LogP) is 6.51. The molecular weight excluding hydrogens is 334 g/mol. The highest BCUT2D eigenvalue weighted by atomic mass is 16.5. The van der Waals surface area contributed by atoms with Gasteiger partial charge in [0.05, 0.1) is 0 Å². The molecule has 1 rings (SSSR count). The first kappa shape index (κ1) is 23.4. The zero-order chi connectivity index (χ0) is 19.4. The molecule has 0 saturated heterocycles. The van der Waals surface area contributed by atoms with E-state index in [1.165, 1.54) is 70.6 Å². The highest BCUT2D eigenvalue weighted by molar-refractivity contribution is 5.68. The van der Waals surface area contributed by atoms with E-state index in [2.05, 4.69) is 19.1 Å². The molecule has 1 heterocycles. The van der Waals surface area contributed by atoms with Crippen LogP contribution in [0.25, 0.3) is 0 Å². The van der Waals surface area contributed by atoms with Crippen molar-refractivity contribution >= 4 is 5.97 Å². The molecule has 0 radical (unpaired) electrons. The standard InChI is InChI=1S/C24H40NO2/c1-2-3-4-5-6-7-8-9-10-11-12-13-14-15-17-20-24(26)27-23-25-21-18-16-19-22-25/h9-10,16,18-19,21-22H,2-8,11-15,17,20,23H2,1H3/q+1. The van der Waals surface area contributed by atoms with Crippen LogP contribution in [0.4, 0.5) is 0 Å². The molecule has 1 aromatic rings. The van der Waals surface area contributed by atoms with Crippen LogP contribution in [0, 0.1) is 0 Å². The molecule has 27 heavy (non-hydrogen) atoms. The number of aromatic nitrogens is 1. The van der Waals surface area contributed by atoms with Crippen LogP contribution in [0.5, 0.6) is 0 Å². The Kier molecular flexibility index (Phi) is 15.4. The molecule has 0 bridgehead atoms. The maximum atomic E-state index is 11.7. The van der Waals surface area contributed by atoms with Crippen molar-refractivity contribution in [1.82, 2.24) is 0 Å². The predicted molar refractivity (Wildman–Crippen MR) is 112 cm³/mol. The highest BCUT2D eigenvalue weighted by Crippen LogP contribution is 2.10. The van der Waals surface area contributed by atoms with Gasteiger partial charge in [0, 0.05) is 18.6 Å². The Labute approximate surface area is 166 Å². The van der Waals surface area contributed by atoms with Crippen LogP contribution in [0.1, 0.15) is 96.8 Å². The Morgan fingerprint density at radius 1 is 0.778 bits per heavy atom. The SMILES string of the molecule is CCCCCCCCC=CCCCCCCCC(=O)OC[n+]1ccccc1. The summed E-state index contributed by atoms with van der Waals surface area (Å²) < 4.78 is 7.12. The molecular formula is C24H40NO2+. The Morgan fingerprint density at radius 3 is 1.96 bits per heavy atom. The minimum atomic E-state index is -0.0935. The van der Waals surface area contributed by atoms with Gasteiger partial charge in [0.15, 0.2) is 12.4 Å².